The minimum atomic E-state index is -1.11. The van der Waals surface area contributed by atoms with Crippen LogP contribution in [0.2, 0.25) is 0 Å². The summed E-state index contributed by atoms with van der Waals surface area (Å²) in [5.41, 5.74) is 0.539. The van der Waals surface area contributed by atoms with E-state index in [9.17, 15) is 14.4 Å². The number of hydrogen-bond acceptors (Lipinski definition) is 6. The van der Waals surface area contributed by atoms with Crippen molar-refractivity contribution >= 4 is 34.3 Å². The zero-order valence-corrected chi connectivity index (χ0v) is 12.6. The highest BCUT2D eigenvalue weighted by atomic mass is 32.1. The second-order valence-electron chi connectivity index (χ2n) is 4.32. The topological polar surface area (TPSA) is 111 Å². The van der Waals surface area contributed by atoms with Crippen molar-refractivity contribution in [2.75, 3.05) is 24.5 Å². The van der Waals surface area contributed by atoms with E-state index in [4.69, 9.17) is 10.2 Å². The van der Waals surface area contributed by atoms with E-state index in [0.29, 0.717) is 17.4 Å². The molecular weight excluding hydrogens is 298 g/mol. The lowest BCUT2D eigenvalue weighted by molar-refractivity contribution is -0.142. The molecule has 0 bridgehead atoms. The minimum Gasteiger partial charge on any atom is -0.480 e. The lowest BCUT2D eigenvalue weighted by atomic mass is 10.4. The molecule has 1 heterocycles. The van der Waals surface area contributed by atoms with Gasteiger partial charge in [0.1, 0.15) is 0 Å². The van der Waals surface area contributed by atoms with Crippen LogP contribution >= 0.6 is 11.3 Å². The molecule has 0 saturated carbocycles. The van der Waals surface area contributed by atoms with Crippen molar-refractivity contribution < 1.29 is 24.6 Å². The lowest BCUT2D eigenvalue weighted by Gasteiger charge is -2.17. The summed E-state index contributed by atoms with van der Waals surface area (Å²) in [5, 5.41) is 19.8. The third-order valence-electron chi connectivity index (χ3n) is 2.57. The Morgan fingerprint density at radius 1 is 1.24 bits per heavy atom. The summed E-state index contributed by atoms with van der Waals surface area (Å²) in [6, 6.07) is 0. The summed E-state index contributed by atoms with van der Waals surface area (Å²) in [6.45, 7) is 3.07. The summed E-state index contributed by atoms with van der Waals surface area (Å²) in [4.78, 5) is 39.9. The van der Waals surface area contributed by atoms with Crippen LogP contribution in [0.1, 0.15) is 19.5 Å². The van der Waals surface area contributed by atoms with Gasteiger partial charge in [0.2, 0.25) is 5.91 Å². The number of aliphatic carboxylic acids is 2. The Labute approximate surface area is 125 Å². The molecule has 0 aromatic carbocycles. The Morgan fingerprint density at radius 3 is 2.24 bits per heavy atom. The predicted octanol–water partition coefficient (Wildman–Crippen LogP) is 0.487. The smallest absolute Gasteiger partial charge is 0.317 e. The van der Waals surface area contributed by atoms with Crippen molar-refractivity contribution in [2.24, 2.45) is 0 Å². The fourth-order valence-corrected chi connectivity index (χ4v) is 2.69. The molecule has 0 unspecified atom stereocenters. The van der Waals surface area contributed by atoms with Crippen LogP contribution in [0.5, 0.6) is 0 Å². The molecule has 8 nitrogen and oxygen atoms in total. The van der Waals surface area contributed by atoms with Crippen molar-refractivity contribution in [3.63, 3.8) is 0 Å². The first-order valence-corrected chi connectivity index (χ1v) is 7.09. The molecule has 0 aliphatic carbocycles. The van der Waals surface area contributed by atoms with E-state index in [1.165, 1.54) is 28.1 Å². The number of anilines is 1. The van der Waals surface area contributed by atoms with Crippen molar-refractivity contribution in [1.29, 1.82) is 0 Å². The van der Waals surface area contributed by atoms with Gasteiger partial charge in [-0.2, -0.15) is 0 Å². The van der Waals surface area contributed by atoms with Crippen molar-refractivity contribution in [3.05, 3.63) is 11.1 Å². The van der Waals surface area contributed by atoms with Gasteiger partial charge in [-0.15, -0.1) is 11.3 Å². The molecule has 1 rings (SSSR count). The molecule has 0 spiro atoms. The van der Waals surface area contributed by atoms with E-state index in [1.54, 1.807) is 5.38 Å². The van der Waals surface area contributed by atoms with Crippen LogP contribution in [0.4, 0.5) is 5.13 Å². The van der Waals surface area contributed by atoms with Gasteiger partial charge >= 0.3 is 11.9 Å². The monoisotopic (exact) mass is 315 g/mol. The first-order chi connectivity index (χ1) is 9.83. The molecule has 1 aromatic heterocycles. The van der Waals surface area contributed by atoms with Crippen LogP contribution in [-0.4, -0.2) is 57.6 Å². The second kappa shape index (κ2) is 7.70. The molecule has 0 radical (unpaired) electrons. The fourth-order valence-electron chi connectivity index (χ4n) is 1.76. The Balaban J connectivity index is 2.80. The van der Waals surface area contributed by atoms with Crippen molar-refractivity contribution in [2.45, 2.75) is 20.4 Å². The average molecular weight is 315 g/mol. The van der Waals surface area contributed by atoms with E-state index in [1.807, 2.05) is 6.92 Å². The maximum Gasteiger partial charge on any atom is 0.317 e. The third kappa shape index (κ3) is 5.48. The number of rotatable bonds is 8. The molecule has 2 N–H and O–H groups in total. The van der Waals surface area contributed by atoms with Gasteiger partial charge < -0.3 is 10.2 Å². The zero-order valence-electron chi connectivity index (χ0n) is 11.8. The van der Waals surface area contributed by atoms with Gasteiger partial charge in [-0.05, 0) is 6.92 Å². The van der Waals surface area contributed by atoms with Gasteiger partial charge in [0.25, 0.3) is 0 Å². The van der Waals surface area contributed by atoms with Crippen LogP contribution in [0.15, 0.2) is 5.38 Å². The van der Waals surface area contributed by atoms with Crippen molar-refractivity contribution in [1.82, 2.24) is 9.88 Å². The maximum absolute atomic E-state index is 11.4. The van der Waals surface area contributed by atoms with Crippen LogP contribution in [-0.2, 0) is 20.9 Å². The van der Waals surface area contributed by atoms with Gasteiger partial charge in [-0.1, -0.05) is 0 Å². The lowest BCUT2D eigenvalue weighted by Crippen LogP contribution is -2.34. The molecule has 116 valence electrons. The van der Waals surface area contributed by atoms with Gasteiger partial charge in [0.05, 0.1) is 18.8 Å². The number of carboxylic acids is 2. The summed E-state index contributed by atoms with van der Waals surface area (Å²) < 4.78 is 0. The molecule has 0 aliphatic heterocycles. The Hall–Kier alpha value is -2.00. The first-order valence-electron chi connectivity index (χ1n) is 6.22. The standard InChI is InChI=1S/C12H17N3O5S/c1-3-15(8(2)16)12-13-9(7-21-12)4-14(5-10(17)18)6-11(19)20/h7H,3-6H2,1-2H3,(H,17,18)(H,19,20). The van der Waals surface area contributed by atoms with E-state index >= 15 is 0 Å². The summed E-state index contributed by atoms with van der Waals surface area (Å²) in [7, 11) is 0. The summed E-state index contributed by atoms with van der Waals surface area (Å²) >= 11 is 1.26. The highest BCUT2D eigenvalue weighted by Crippen LogP contribution is 2.21. The number of amides is 1. The maximum atomic E-state index is 11.4. The number of nitrogens with zero attached hydrogens (tertiary/aromatic N) is 3. The van der Waals surface area contributed by atoms with Crippen LogP contribution in [0.25, 0.3) is 0 Å². The summed E-state index contributed by atoms with van der Waals surface area (Å²) in [5.74, 6) is -2.34. The highest BCUT2D eigenvalue weighted by Gasteiger charge is 2.17. The van der Waals surface area contributed by atoms with Crippen LogP contribution in [0.3, 0.4) is 0 Å². The van der Waals surface area contributed by atoms with E-state index in [-0.39, 0.29) is 25.5 Å². The van der Waals surface area contributed by atoms with Crippen molar-refractivity contribution in [3.8, 4) is 0 Å². The zero-order chi connectivity index (χ0) is 16.0. The van der Waals surface area contributed by atoms with E-state index in [0.717, 1.165) is 0 Å². The number of hydrogen-bond donors (Lipinski definition) is 2. The van der Waals surface area contributed by atoms with Crippen LogP contribution in [0, 0.1) is 0 Å². The second-order valence-corrected chi connectivity index (χ2v) is 5.15. The number of thiazole rings is 1. The first kappa shape index (κ1) is 17.1. The highest BCUT2D eigenvalue weighted by molar-refractivity contribution is 7.14. The molecule has 1 aromatic rings. The van der Waals surface area contributed by atoms with Crippen LogP contribution < -0.4 is 4.90 Å². The molecule has 9 heteroatoms. The van der Waals surface area contributed by atoms with Gasteiger partial charge in [-0.25, -0.2) is 4.98 Å². The Kier molecular flexibility index (Phi) is 6.25. The third-order valence-corrected chi connectivity index (χ3v) is 3.48. The van der Waals surface area contributed by atoms with Gasteiger partial charge in [0, 0.05) is 25.4 Å². The average Bonchev–Trinajstić information content (AvgIpc) is 2.75. The quantitative estimate of drug-likeness (QED) is 0.718. The molecular formula is C12H17N3O5S. The summed E-state index contributed by atoms with van der Waals surface area (Å²) in [6.07, 6.45) is 0. The number of carbonyl (C=O) groups excluding carboxylic acids is 1. The molecule has 21 heavy (non-hydrogen) atoms. The Morgan fingerprint density at radius 2 is 1.81 bits per heavy atom. The Bertz CT molecular complexity index is 515. The molecule has 0 atom stereocenters. The fraction of sp³-hybridized carbons (Fsp3) is 0.500. The normalized spacial score (nSPS) is 10.6. The molecule has 1 amide bonds. The van der Waals surface area contributed by atoms with Gasteiger partial charge in [-0.3, -0.25) is 24.2 Å². The molecule has 0 aliphatic rings. The minimum absolute atomic E-state index is 0.102. The number of carboxylic acid groups (broad SMARTS) is 2. The van der Waals surface area contributed by atoms with Gasteiger partial charge in [0.15, 0.2) is 5.13 Å². The molecule has 0 saturated heterocycles. The van der Waals surface area contributed by atoms with E-state index < -0.39 is 11.9 Å². The number of aromatic nitrogens is 1. The SMILES string of the molecule is CCN(C(C)=O)c1nc(CN(CC(=O)O)CC(=O)O)cs1. The van der Waals surface area contributed by atoms with E-state index in [2.05, 4.69) is 4.98 Å². The number of carbonyl (C=O) groups is 3. The predicted molar refractivity (Wildman–Crippen MR) is 76.4 cm³/mol. The largest absolute Gasteiger partial charge is 0.480 e. The molecule has 0 fully saturated rings.